The predicted molar refractivity (Wildman–Crippen MR) is 43.9 cm³/mol. The van der Waals surface area contributed by atoms with E-state index in [2.05, 4.69) is 0 Å². The number of benzene rings is 1. The number of hydrogen-bond acceptors (Lipinski definition) is 1. The topological polar surface area (TPSA) is 17.1 Å². The van der Waals surface area contributed by atoms with Crippen molar-refractivity contribution in [3.8, 4) is 0 Å². The van der Waals surface area contributed by atoms with E-state index in [-0.39, 0.29) is 5.78 Å². The minimum Gasteiger partial charge on any atom is -0.266 e. The van der Waals surface area contributed by atoms with Crippen LogP contribution in [0.2, 0.25) is 0 Å². The van der Waals surface area contributed by atoms with E-state index in [1.807, 2.05) is 30.3 Å². The third-order valence-electron chi connectivity index (χ3n) is 1.72. The summed E-state index contributed by atoms with van der Waals surface area (Å²) in [5.41, 5.74) is 2.13. The minimum atomic E-state index is 0.0729. The van der Waals surface area contributed by atoms with Crippen LogP contribution < -0.4 is 0 Å². The molecule has 1 aliphatic rings. The van der Waals surface area contributed by atoms with Crippen LogP contribution in [0.1, 0.15) is 11.1 Å². The highest BCUT2D eigenvalue weighted by atomic mass is 16.1. The summed E-state index contributed by atoms with van der Waals surface area (Å²) in [6.45, 7) is 0. The van der Waals surface area contributed by atoms with Gasteiger partial charge in [0.05, 0.1) is 18.1 Å². The molecule has 0 fully saturated rings. The third kappa shape index (κ3) is 1.05. The van der Waals surface area contributed by atoms with Crippen molar-refractivity contribution in [2.24, 2.45) is 0 Å². The van der Waals surface area contributed by atoms with Crippen LogP contribution in [0.25, 0.3) is 6.08 Å². The van der Waals surface area contributed by atoms with E-state index in [1.54, 1.807) is 12.5 Å². The molecule has 0 N–H and O–H groups in total. The molecule has 1 heteroatoms. The molecule has 2 rings (SSSR count). The van der Waals surface area contributed by atoms with Crippen LogP contribution in [-0.4, -0.2) is 5.78 Å². The highest BCUT2D eigenvalue weighted by molar-refractivity contribution is 6.05. The van der Waals surface area contributed by atoms with Crippen LogP contribution in [-0.2, 0) is 4.79 Å². The lowest BCUT2D eigenvalue weighted by Gasteiger charge is -1.98. The van der Waals surface area contributed by atoms with Crippen molar-refractivity contribution in [3.63, 3.8) is 0 Å². The molecule has 1 aliphatic carbocycles. The van der Waals surface area contributed by atoms with Crippen molar-refractivity contribution in [2.75, 3.05) is 0 Å². The number of allylic oxidation sites excluding steroid dienone is 1. The zero-order chi connectivity index (χ0) is 7.68. The molecule has 0 aliphatic heterocycles. The first-order chi connectivity index (χ1) is 5.36. The van der Waals surface area contributed by atoms with Crippen molar-refractivity contribution < 1.29 is 4.79 Å². The van der Waals surface area contributed by atoms with Crippen molar-refractivity contribution >= 4 is 11.9 Å². The highest BCUT2D eigenvalue weighted by Crippen LogP contribution is 2.17. The quantitative estimate of drug-likeness (QED) is 0.506. The van der Waals surface area contributed by atoms with Gasteiger partial charge in [-0.3, -0.25) is 4.79 Å². The van der Waals surface area contributed by atoms with Crippen LogP contribution in [0.15, 0.2) is 30.3 Å². The summed E-state index contributed by atoms with van der Waals surface area (Å²) in [5, 5.41) is 0. The average Bonchev–Trinajstić information content (AvgIpc) is 2.04. The summed E-state index contributed by atoms with van der Waals surface area (Å²) in [6, 6.07) is 7.83. The summed E-state index contributed by atoms with van der Waals surface area (Å²) in [6.07, 6.45) is 5.08. The SMILES string of the molecule is O=C1C=Cc2ccccc2[CH+]1. The molecule has 0 saturated heterocycles. The molecule has 0 spiro atoms. The van der Waals surface area contributed by atoms with E-state index in [1.165, 1.54) is 0 Å². The summed E-state index contributed by atoms with van der Waals surface area (Å²) in [4.78, 5) is 10.9. The normalized spacial score (nSPS) is 14.0. The Hall–Kier alpha value is -1.50. The molecule has 1 aromatic carbocycles. The van der Waals surface area contributed by atoms with Crippen molar-refractivity contribution in [1.29, 1.82) is 0 Å². The number of carbonyl (C=O) groups excluding carboxylic acids is 1. The first-order valence-corrected chi connectivity index (χ1v) is 3.52. The van der Waals surface area contributed by atoms with Gasteiger partial charge in [-0.05, 0) is 18.2 Å². The first-order valence-electron chi connectivity index (χ1n) is 3.52. The Morgan fingerprint density at radius 3 is 2.82 bits per heavy atom. The Bertz CT molecular complexity index is 323. The third-order valence-corrected chi connectivity index (χ3v) is 1.72. The Labute approximate surface area is 65.4 Å². The molecule has 0 aromatic heterocycles. The molecule has 1 nitrogen and oxygen atoms in total. The number of fused-ring (bicyclic) bond motifs is 1. The number of rotatable bonds is 0. The van der Waals surface area contributed by atoms with E-state index in [4.69, 9.17) is 0 Å². The standard InChI is InChI=1S/C10H7O/c11-10-6-5-8-3-1-2-4-9(8)7-10/h1-7H/q+1. The van der Waals surface area contributed by atoms with Gasteiger partial charge in [-0.2, -0.15) is 0 Å². The minimum absolute atomic E-state index is 0.0729. The molecule has 52 valence electrons. The summed E-state index contributed by atoms with van der Waals surface area (Å²) >= 11 is 0. The van der Waals surface area contributed by atoms with Gasteiger partial charge < -0.3 is 0 Å². The Morgan fingerprint density at radius 2 is 1.91 bits per heavy atom. The van der Waals surface area contributed by atoms with Crippen molar-refractivity contribution in [2.45, 2.75) is 0 Å². The number of carbonyl (C=O) groups is 1. The van der Waals surface area contributed by atoms with Gasteiger partial charge in [0.2, 0.25) is 0 Å². The summed E-state index contributed by atoms with van der Waals surface area (Å²) in [7, 11) is 0. The van der Waals surface area contributed by atoms with Gasteiger partial charge in [-0.25, -0.2) is 0 Å². The van der Waals surface area contributed by atoms with Gasteiger partial charge in [0.25, 0.3) is 5.78 Å². The average molecular weight is 143 g/mol. The monoisotopic (exact) mass is 143 g/mol. The smallest absolute Gasteiger partial charge is 0.260 e. The van der Waals surface area contributed by atoms with E-state index >= 15 is 0 Å². The summed E-state index contributed by atoms with van der Waals surface area (Å²) < 4.78 is 0. The Morgan fingerprint density at radius 1 is 1.09 bits per heavy atom. The molecular formula is C10H7O+. The van der Waals surface area contributed by atoms with E-state index in [0.29, 0.717) is 0 Å². The molecule has 0 heterocycles. The molecule has 0 bridgehead atoms. The maximum Gasteiger partial charge on any atom is 0.260 e. The van der Waals surface area contributed by atoms with E-state index in [9.17, 15) is 4.79 Å². The van der Waals surface area contributed by atoms with E-state index < -0.39 is 0 Å². The second kappa shape index (κ2) is 2.27. The fraction of sp³-hybridized carbons (Fsp3) is 0. The zero-order valence-electron chi connectivity index (χ0n) is 5.95. The maximum atomic E-state index is 10.9. The molecule has 0 amide bonds. The van der Waals surface area contributed by atoms with Gasteiger partial charge in [-0.1, -0.05) is 0 Å². The predicted octanol–water partition coefficient (Wildman–Crippen LogP) is 1.83. The van der Waals surface area contributed by atoms with Crippen LogP contribution in [0.5, 0.6) is 0 Å². The molecular weight excluding hydrogens is 136 g/mol. The van der Waals surface area contributed by atoms with Crippen LogP contribution in [0.3, 0.4) is 0 Å². The second-order valence-corrected chi connectivity index (χ2v) is 2.51. The van der Waals surface area contributed by atoms with Gasteiger partial charge in [-0.15, -0.1) is 0 Å². The van der Waals surface area contributed by atoms with Gasteiger partial charge in [0.15, 0.2) is 0 Å². The lowest BCUT2D eigenvalue weighted by atomic mass is 9.97. The highest BCUT2D eigenvalue weighted by Gasteiger charge is 2.16. The molecule has 0 atom stereocenters. The second-order valence-electron chi connectivity index (χ2n) is 2.51. The maximum absolute atomic E-state index is 10.9. The zero-order valence-corrected chi connectivity index (χ0v) is 5.95. The Kier molecular flexibility index (Phi) is 1.29. The van der Waals surface area contributed by atoms with Gasteiger partial charge in [0, 0.05) is 12.1 Å². The summed E-state index contributed by atoms with van der Waals surface area (Å²) in [5.74, 6) is 0.0729. The lowest BCUT2D eigenvalue weighted by Crippen LogP contribution is -2.01. The van der Waals surface area contributed by atoms with Crippen molar-refractivity contribution in [1.82, 2.24) is 0 Å². The fourth-order valence-corrected chi connectivity index (χ4v) is 1.17. The molecule has 11 heavy (non-hydrogen) atoms. The number of hydrogen-bond donors (Lipinski definition) is 0. The Balaban J connectivity index is 2.54. The molecule has 0 radical (unpaired) electrons. The van der Waals surface area contributed by atoms with E-state index in [0.717, 1.165) is 11.1 Å². The molecule has 0 saturated carbocycles. The van der Waals surface area contributed by atoms with Gasteiger partial charge in [0.1, 0.15) is 5.56 Å². The first kappa shape index (κ1) is 6.23. The largest absolute Gasteiger partial charge is 0.266 e. The fourth-order valence-electron chi connectivity index (χ4n) is 1.17. The van der Waals surface area contributed by atoms with Crippen LogP contribution >= 0.6 is 0 Å². The lowest BCUT2D eigenvalue weighted by molar-refractivity contribution is -0.111. The van der Waals surface area contributed by atoms with Gasteiger partial charge >= 0.3 is 0 Å². The van der Waals surface area contributed by atoms with Crippen LogP contribution in [0.4, 0.5) is 0 Å². The molecule has 1 aromatic rings. The number of ketones is 1. The van der Waals surface area contributed by atoms with Crippen molar-refractivity contribution in [3.05, 3.63) is 47.9 Å². The van der Waals surface area contributed by atoms with Crippen LogP contribution in [0, 0.1) is 6.42 Å². The molecule has 0 unspecified atom stereocenters.